The molecule has 2 aromatic carbocycles. The normalized spacial score (nSPS) is 16.2. The molecule has 2 heterocycles. The number of imide groups is 1. The van der Waals surface area contributed by atoms with E-state index in [2.05, 4.69) is 11.9 Å². The fraction of sp³-hybridized carbons (Fsp3) is 0.150. The summed E-state index contributed by atoms with van der Waals surface area (Å²) in [5.74, 6) is 0.342. The lowest BCUT2D eigenvalue weighted by Gasteiger charge is -2.12. The highest BCUT2D eigenvalue weighted by atomic mass is 32.2. The molecule has 0 N–H and O–H groups in total. The summed E-state index contributed by atoms with van der Waals surface area (Å²) in [4.78, 5) is 31.3. The molecule has 5 nitrogen and oxygen atoms in total. The van der Waals surface area contributed by atoms with Crippen LogP contribution >= 0.6 is 11.8 Å². The van der Waals surface area contributed by atoms with E-state index in [1.807, 2.05) is 60.1 Å². The number of carbonyl (C=O) groups excluding carboxylic acids is 2. The van der Waals surface area contributed by atoms with Gasteiger partial charge in [0.2, 0.25) is 0 Å². The molecule has 0 saturated carbocycles. The van der Waals surface area contributed by atoms with E-state index in [-0.39, 0.29) is 11.1 Å². The average Bonchev–Trinajstić information content (AvgIpc) is 3.12. The Morgan fingerprint density at radius 3 is 2.50 bits per heavy atom. The maximum atomic E-state index is 12.8. The number of imidazole rings is 1. The van der Waals surface area contributed by atoms with Crippen molar-refractivity contribution >= 4 is 45.7 Å². The molecule has 0 aliphatic carbocycles. The average molecular weight is 363 g/mol. The summed E-state index contributed by atoms with van der Waals surface area (Å²) >= 11 is 0.945. The number of hydrogen-bond acceptors (Lipinski definition) is 4. The molecule has 1 fully saturated rings. The van der Waals surface area contributed by atoms with Gasteiger partial charge in [-0.15, -0.1) is 0 Å². The number of carbonyl (C=O) groups is 2. The fourth-order valence-corrected chi connectivity index (χ4v) is 3.79. The van der Waals surface area contributed by atoms with E-state index in [1.54, 1.807) is 6.08 Å². The molecule has 3 aromatic rings. The molecule has 4 rings (SSSR count). The highest BCUT2D eigenvalue weighted by Crippen LogP contribution is 2.35. The first-order valence-electron chi connectivity index (χ1n) is 8.37. The molecule has 1 aliphatic heterocycles. The number of benzene rings is 2. The van der Waals surface area contributed by atoms with Crippen molar-refractivity contribution in [2.24, 2.45) is 7.05 Å². The van der Waals surface area contributed by atoms with Crippen LogP contribution in [0.3, 0.4) is 0 Å². The summed E-state index contributed by atoms with van der Waals surface area (Å²) in [6.07, 6.45) is 2.60. The number of anilines is 1. The number of aromatic nitrogens is 2. The molecule has 6 heteroatoms. The molecule has 1 aromatic heterocycles. The van der Waals surface area contributed by atoms with Crippen molar-refractivity contribution in [3.63, 3.8) is 0 Å². The zero-order chi connectivity index (χ0) is 18.3. The zero-order valence-electron chi connectivity index (χ0n) is 14.5. The molecule has 1 saturated heterocycles. The lowest BCUT2D eigenvalue weighted by atomic mass is 10.1. The van der Waals surface area contributed by atoms with Crippen molar-refractivity contribution in [3.8, 4) is 0 Å². The number of amides is 2. The van der Waals surface area contributed by atoms with Gasteiger partial charge < -0.3 is 4.57 Å². The largest absolute Gasteiger partial charge is 0.328 e. The van der Waals surface area contributed by atoms with Crippen molar-refractivity contribution in [1.82, 2.24) is 9.55 Å². The maximum absolute atomic E-state index is 12.8. The number of rotatable bonds is 3. The first-order valence-corrected chi connectivity index (χ1v) is 9.18. The van der Waals surface area contributed by atoms with Crippen LogP contribution in [-0.4, -0.2) is 20.7 Å². The third-order valence-electron chi connectivity index (χ3n) is 4.48. The van der Waals surface area contributed by atoms with E-state index in [9.17, 15) is 9.59 Å². The van der Waals surface area contributed by atoms with Gasteiger partial charge in [0, 0.05) is 13.1 Å². The quantitative estimate of drug-likeness (QED) is 0.648. The second-order valence-electron chi connectivity index (χ2n) is 6.05. The molecule has 0 unspecified atom stereocenters. The maximum Gasteiger partial charge on any atom is 0.298 e. The highest BCUT2D eigenvalue weighted by molar-refractivity contribution is 8.19. The minimum Gasteiger partial charge on any atom is -0.328 e. The second-order valence-corrected chi connectivity index (χ2v) is 7.05. The lowest BCUT2D eigenvalue weighted by Crippen LogP contribution is -2.27. The SMILES string of the molecule is CCc1ccc(N2C(=O)S/C(=C/c3nc4ccccc4n3C)C2=O)cc1. The fourth-order valence-electron chi connectivity index (χ4n) is 2.98. The summed E-state index contributed by atoms with van der Waals surface area (Å²) < 4.78 is 1.92. The predicted molar refractivity (Wildman–Crippen MR) is 105 cm³/mol. The number of hydrogen-bond donors (Lipinski definition) is 0. The Morgan fingerprint density at radius 1 is 1.08 bits per heavy atom. The van der Waals surface area contributed by atoms with Crippen LogP contribution in [-0.2, 0) is 18.3 Å². The van der Waals surface area contributed by atoms with E-state index >= 15 is 0 Å². The number of para-hydroxylation sites is 2. The van der Waals surface area contributed by atoms with Crippen molar-refractivity contribution < 1.29 is 9.59 Å². The first kappa shape index (κ1) is 16.6. The van der Waals surface area contributed by atoms with Gasteiger partial charge in [-0.1, -0.05) is 31.2 Å². The summed E-state index contributed by atoms with van der Waals surface area (Å²) in [6, 6.07) is 15.3. The van der Waals surface area contributed by atoms with Crippen molar-refractivity contribution in [3.05, 3.63) is 64.8 Å². The number of nitrogens with zero attached hydrogens (tertiary/aromatic N) is 3. The number of fused-ring (bicyclic) bond motifs is 1. The molecule has 2 amide bonds. The summed E-state index contributed by atoms with van der Waals surface area (Å²) in [5.41, 5.74) is 3.60. The monoisotopic (exact) mass is 363 g/mol. The second kappa shape index (κ2) is 6.46. The number of aryl methyl sites for hydroxylation is 2. The summed E-state index contributed by atoms with van der Waals surface area (Å²) in [7, 11) is 1.90. The molecule has 1 aliphatic rings. The van der Waals surface area contributed by atoms with Gasteiger partial charge >= 0.3 is 0 Å². The van der Waals surface area contributed by atoms with E-state index in [4.69, 9.17) is 0 Å². The molecule has 0 atom stereocenters. The van der Waals surface area contributed by atoms with Crippen LogP contribution in [0.4, 0.5) is 10.5 Å². The minimum absolute atomic E-state index is 0.288. The first-order chi connectivity index (χ1) is 12.6. The topological polar surface area (TPSA) is 55.2 Å². The molecule has 26 heavy (non-hydrogen) atoms. The third kappa shape index (κ3) is 2.72. The van der Waals surface area contributed by atoms with Gasteiger partial charge in [-0.3, -0.25) is 9.59 Å². The van der Waals surface area contributed by atoms with Crippen molar-refractivity contribution in [1.29, 1.82) is 0 Å². The van der Waals surface area contributed by atoms with Gasteiger partial charge in [-0.05, 0) is 48.0 Å². The van der Waals surface area contributed by atoms with Gasteiger partial charge in [0.1, 0.15) is 5.82 Å². The van der Waals surface area contributed by atoms with Crippen LogP contribution in [0, 0.1) is 0 Å². The molecular weight excluding hydrogens is 346 g/mol. The highest BCUT2D eigenvalue weighted by Gasteiger charge is 2.36. The smallest absolute Gasteiger partial charge is 0.298 e. The molecule has 0 spiro atoms. The summed E-state index contributed by atoms with van der Waals surface area (Å²) in [6.45, 7) is 2.06. The van der Waals surface area contributed by atoms with Crippen LogP contribution in [0.1, 0.15) is 18.3 Å². The minimum atomic E-state index is -0.309. The van der Waals surface area contributed by atoms with Gasteiger partial charge in [-0.25, -0.2) is 9.88 Å². The van der Waals surface area contributed by atoms with Gasteiger partial charge in [0.05, 0.1) is 21.6 Å². The van der Waals surface area contributed by atoms with Crippen LogP contribution < -0.4 is 4.90 Å². The van der Waals surface area contributed by atoms with E-state index < -0.39 is 0 Å². The van der Waals surface area contributed by atoms with E-state index in [1.165, 1.54) is 4.90 Å². The van der Waals surface area contributed by atoms with Crippen molar-refractivity contribution in [2.75, 3.05) is 4.90 Å². The Hall–Kier alpha value is -2.86. The predicted octanol–water partition coefficient (Wildman–Crippen LogP) is 4.38. The van der Waals surface area contributed by atoms with Crippen LogP contribution in [0.2, 0.25) is 0 Å². The van der Waals surface area contributed by atoms with Crippen molar-refractivity contribution in [2.45, 2.75) is 13.3 Å². The Morgan fingerprint density at radius 2 is 1.81 bits per heavy atom. The Bertz CT molecular complexity index is 1050. The Kier molecular flexibility index (Phi) is 4.12. The summed E-state index contributed by atoms with van der Waals surface area (Å²) in [5, 5.41) is -0.288. The Labute approximate surface area is 155 Å². The van der Waals surface area contributed by atoms with Gasteiger partial charge in [0.15, 0.2) is 0 Å². The van der Waals surface area contributed by atoms with Gasteiger partial charge in [0.25, 0.3) is 11.1 Å². The van der Waals surface area contributed by atoms with E-state index in [0.717, 1.165) is 34.8 Å². The van der Waals surface area contributed by atoms with Crippen LogP contribution in [0.15, 0.2) is 53.4 Å². The standard InChI is InChI=1S/C20H17N3O2S/c1-3-13-8-10-14(11-9-13)23-19(24)17(26-20(23)25)12-18-21-15-6-4-5-7-16(15)22(18)2/h4-12H,3H2,1-2H3/b17-12+. The van der Waals surface area contributed by atoms with Crippen LogP contribution in [0.5, 0.6) is 0 Å². The lowest BCUT2D eigenvalue weighted by molar-refractivity contribution is -0.113. The zero-order valence-corrected chi connectivity index (χ0v) is 15.3. The third-order valence-corrected chi connectivity index (χ3v) is 5.35. The molecular formula is C20H17N3O2S. The molecule has 0 bridgehead atoms. The molecule has 0 radical (unpaired) electrons. The van der Waals surface area contributed by atoms with E-state index in [0.29, 0.717) is 16.4 Å². The molecule has 130 valence electrons. The van der Waals surface area contributed by atoms with Crippen LogP contribution in [0.25, 0.3) is 17.1 Å². The Balaban J connectivity index is 1.69. The number of thioether (sulfide) groups is 1. The van der Waals surface area contributed by atoms with Gasteiger partial charge in [-0.2, -0.15) is 0 Å².